The monoisotopic (exact) mass is 382 g/mol. The van der Waals surface area contributed by atoms with Gasteiger partial charge >= 0.3 is 11.9 Å². The number of hydrogen-bond donors (Lipinski definition) is 2. The minimum absolute atomic E-state index is 0.179. The van der Waals surface area contributed by atoms with Crippen LogP contribution in [0.1, 0.15) is 22.6 Å². The second-order valence-electron chi connectivity index (χ2n) is 6.35. The predicted octanol–water partition coefficient (Wildman–Crippen LogP) is 2.75. The summed E-state index contributed by atoms with van der Waals surface area (Å²) in [4.78, 5) is 26.1. The zero-order chi connectivity index (χ0) is 20.1. The zero-order valence-corrected chi connectivity index (χ0v) is 15.0. The molecule has 0 aromatic heterocycles. The molecule has 2 aromatic carbocycles. The molecule has 0 saturated heterocycles. The summed E-state index contributed by atoms with van der Waals surface area (Å²) in [6.07, 6.45) is 1.12. The quantitative estimate of drug-likeness (QED) is 0.797. The van der Waals surface area contributed by atoms with Crippen LogP contribution < -0.4 is 0 Å². The molecule has 2 aromatic rings. The Morgan fingerprint density at radius 3 is 2.32 bits per heavy atom. The highest BCUT2D eigenvalue weighted by atomic mass is 19.1. The number of nitrogens with zero attached hydrogens (tertiary/aromatic N) is 2. The van der Waals surface area contributed by atoms with Gasteiger partial charge in [0.1, 0.15) is 11.7 Å². The maximum absolute atomic E-state index is 13.1. The Hall–Kier alpha value is -3.48. The first-order valence-corrected chi connectivity index (χ1v) is 8.74. The van der Waals surface area contributed by atoms with Crippen LogP contribution in [0.15, 0.2) is 65.7 Å². The number of hydrogen-bond acceptors (Lipinski definition) is 4. The Morgan fingerprint density at radius 1 is 1.04 bits per heavy atom. The molecule has 6 nitrogen and oxygen atoms in total. The van der Waals surface area contributed by atoms with Crippen LogP contribution in [-0.2, 0) is 9.59 Å². The molecule has 0 amide bonds. The minimum Gasteiger partial charge on any atom is -0.478 e. The number of carboxylic acid groups (broad SMARTS) is 2. The summed E-state index contributed by atoms with van der Waals surface area (Å²) in [7, 11) is 0. The molecule has 0 bridgehead atoms. The summed E-state index contributed by atoms with van der Waals surface area (Å²) >= 11 is 0. The summed E-state index contributed by atoms with van der Waals surface area (Å²) < 4.78 is 13.1. The minimum atomic E-state index is -1.26. The van der Waals surface area contributed by atoms with Gasteiger partial charge in [-0.3, -0.25) is 4.99 Å². The van der Waals surface area contributed by atoms with Crippen molar-refractivity contribution in [3.05, 3.63) is 83.2 Å². The highest BCUT2D eigenvalue weighted by Gasteiger charge is 2.32. The van der Waals surface area contributed by atoms with Crippen LogP contribution in [0.25, 0.3) is 0 Å². The third kappa shape index (κ3) is 4.43. The number of carboxylic acids is 2. The maximum Gasteiger partial charge on any atom is 0.328 e. The van der Waals surface area contributed by atoms with E-state index in [1.807, 2.05) is 12.1 Å². The fourth-order valence-electron chi connectivity index (χ4n) is 3.36. The van der Waals surface area contributed by atoms with E-state index in [1.54, 1.807) is 12.1 Å². The molecule has 144 valence electrons. The third-order valence-electron chi connectivity index (χ3n) is 4.55. The Bertz CT molecular complexity index is 922. The smallest absolute Gasteiger partial charge is 0.328 e. The van der Waals surface area contributed by atoms with Gasteiger partial charge in [0.05, 0.1) is 6.54 Å². The molecule has 0 aliphatic carbocycles. The average molecular weight is 382 g/mol. The number of benzene rings is 2. The van der Waals surface area contributed by atoms with Crippen molar-refractivity contribution in [2.45, 2.75) is 5.92 Å². The van der Waals surface area contributed by atoms with Gasteiger partial charge in [0.2, 0.25) is 0 Å². The van der Waals surface area contributed by atoms with Crippen LogP contribution in [0, 0.1) is 5.82 Å². The van der Waals surface area contributed by atoms with Gasteiger partial charge in [0.25, 0.3) is 0 Å². The lowest BCUT2D eigenvalue weighted by molar-refractivity contribution is -0.134. The highest BCUT2D eigenvalue weighted by Crippen LogP contribution is 2.34. The molecule has 0 spiro atoms. The van der Waals surface area contributed by atoms with E-state index < -0.39 is 11.9 Å². The first kappa shape index (κ1) is 19.3. The molecular formula is C21H19FN2O4. The number of fused-ring (bicyclic) bond motifs is 3. The lowest BCUT2D eigenvalue weighted by Crippen LogP contribution is -2.38. The molecule has 4 rings (SSSR count). The molecule has 7 heteroatoms. The van der Waals surface area contributed by atoms with Gasteiger partial charge in [-0.1, -0.05) is 36.4 Å². The standard InChI is InChI=1S/C17H15FN2.C4H4O4/c18-13-7-5-12(6-8-13)16-11-20-10-9-19-17(20)15-4-2-1-3-14(15)16;5-3(6)1-2-4(7)8/h1-8,16H,9-11H2;1-2H,(H,5,6)(H,7,8)/b;2-1+. The van der Waals surface area contributed by atoms with E-state index in [9.17, 15) is 14.0 Å². The molecule has 1 unspecified atom stereocenters. The molecule has 2 N–H and O–H groups in total. The van der Waals surface area contributed by atoms with E-state index in [0.29, 0.717) is 18.1 Å². The van der Waals surface area contributed by atoms with Crippen LogP contribution in [0.3, 0.4) is 0 Å². The van der Waals surface area contributed by atoms with Gasteiger partial charge in [0.15, 0.2) is 0 Å². The second-order valence-corrected chi connectivity index (χ2v) is 6.35. The molecule has 0 radical (unpaired) electrons. The average Bonchev–Trinajstić information content (AvgIpc) is 3.16. The molecule has 2 aliphatic rings. The summed E-state index contributed by atoms with van der Waals surface area (Å²) in [5, 5.41) is 15.6. The van der Waals surface area contributed by atoms with Gasteiger partial charge < -0.3 is 15.1 Å². The maximum atomic E-state index is 13.1. The summed E-state index contributed by atoms with van der Waals surface area (Å²) in [6.45, 7) is 2.79. The molecule has 0 saturated carbocycles. The Kier molecular flexibility index (Phi) is 5.84. The number of aliphatic carboxylic acids is 2. The van der Waals surface area contributed by atoms with Gasteiger partial charge in [0, 0.05) is 36.7 Å². The fraction of sp³-hybridized carbons (Fsp3) is 0.190. The molecule has 2 aliphatic heterocycles. The SMILES string of the molecule is Fc1ccc(C2CN3CCN=C3c3ccccc32)cc1.O=C(O)/C=C/C(=O)O. The molecular weight excluding hydrogens is 363 g/mol. The van der Waals surface area contributed by atoms with Crippen molar-refractivity contribution in [1.29, 1.82) is 0 Å². The number of aliphatic imine (C=N–C) groups is 1. The first-order valence-electron chi connectivity index (χ1n) is 8.74. The van der Waals surface area contributed by atoms with Crippen LogP contribution in [0.4, 0.5) is 4.39 Å². The van der Waals surface area contributed by atoms with Crippen LogP contribution in [-0.4, -0.2) is 52.5 Å². The number of rotatable bonds is 3. The van der Waals surface area contributed by atoms with Crippen molar-refractivity contribution in [1.82, 2.24) is 4.90 Å². The topological polar surface area (TPSA) is 90.2 Å². The van der Waals surface area contributed by atoms with Gasteiger partial charge in [-0.25, -0.2) is 14.0 Å². The van der Waals surface area contributed by atoms with Crippen molar-refractivity contribution < 1.29 is 24.2 Å². The van der Waals surface area contributed by atoms with E-state index in [1.165, 1.54) is 16.7 Å². The van der Waals surface area contributed by atoms with Crippen molar-refractivity contribution in [2.24, 2.45) is 4.99 Å². The van der Waals surface area contributed by atoms with Crippen LogP contribution in [0.2, 0.25) is 0 Å². The van der Waals surface area contributed by atoms with Crippen molar-refractivity contribution in [2.75, 3.05) is 19.6 Å². The summed E-state index contributed by atoms with van der Waals surface area (Å²) in [5.74, 6) is -1.27. The van der Waals surface area contributed by atoms with Crippen LogP contribution in [0.5, 0.6) is 0 Å². The number of carbonyl (C=O) groups is 2. The molecule has 2 heterocycles. The largest absolute Gasteiger partial charge is 0.478 e. The van der Waals surface area contributed by atoms with Gasteiger partial charge in [-0.05, 0) is 23.3 Å². The third-order valence-corrected chi connectivity index (χ3v) is 4.55. The zero-order valence-electron chi connectivity index (χ0n) is 15.0. The van der Waals surface area contributed by atoms with E-state index in [-0.39, 0.29) is 5.82 Å². The van der Waals surface area contributed by atoms with E-state index in [0.717, 1.165) is 25.5 Å². The van der Waals surface area contributed by atoms with E-state index in [2.05, 4.69) is 34.2 Å². The summed E-state index contributed by atoms with van der Waals surface area (Å²) in [6, 6.07) is 15.3. The van der Waals surface area contributed by atoms with E-state index in [4.69, 9.17) is 10.2 Å². The predicted molar refractivity (Wildman–Crippen MR) is 102 cm³/mol. The van der Waals surface area contributed by atoms with Crippen molar-refractivity contribution in [3.63, 3.8) is 0 Å². The summed E-state index contributed by atoms with van der Waals surface area (Å²) in [5.41, 5.74) is 3.70. The van der Waals surface area contributed by atoms with E-state index >= 15 is 0 Å². The molecule has 28 heavy (non-hydrogen) atoms. The van der Waals surface area contributed by atoms with Crippen molar-refractivity contribution >= 4 is 17.8 Å². The second kappa shape index (κ2) is 8.47. The first-order chi connectivity index (χ1) is 13.5. The number of amidine groups is 1. The number of halogens is 1. The Morgan fingerprint density at radius 2 is 1.68 bits per heavy atom. The van der Waals surface area contributed by atoms with Gasteiger partial charge in [-0.15, -0.1) is 0 Å². The highest BCUT2D eigenvalue weighted by molar-refractivity contribution is 6.02. The Balaban J connectivity index is 0.000000242. The lowest BCUT2D eigenvalue weighted by atomic mass is 9.84. The van der Waals surface area contributed by atoms with Crippen LogP contribution >= 0.6 is 0 Å². The van der Waals surface area contributed by atoms with Gasteiger partial charge in [-0.2, -0.15) is 0 Å². The lowest BCUT2D eigenvalue weighted by Gasteiger charge is -2.34. The fourth-order valence-corrected chi connectivity index (χ4v) is 3.36. The Labute approximate surface area is 161 Å². The van der Waals surface area contributed by atoms with Crippen molar-refractivity contribution in [3.8, 4) is 0 Å². The normalized spacial score (nSPS) is 17.2. The molecule has 0 fully saturated rings. The molecule has 1 atom stereocenters.